The number of fused-ring (bicyclic) bond motifs is 8. The van der Waals surface area contributed by atoms with Crippen LogP contribution in [0.5, 0.6) is 0 Å². The largest absolute Gasteiger partial charge is 0.256 e. The second kappa shape index (κ2) is 8.02. The van der Waals surface area contributed by atoms with Crippen molar-refractivity contribution in [1.82, 2.24) is 4.98 Å². The topological polar surface area (TPSA) is 12.9 Å². The van der Waals surface area contributed by atoms with Gasteiger partial charge in [-0.05, 0) is 99.3 Å². The van der Waals surface area contributed by atoms with E-state index in [-0.39, 0.29) is 0 Å². The Morgan fingerprint density at radius 2 is 0.952 bits per heavy atom. The zero-order valence-corrected chi connectivity index (χ0v) is 22.7. The lowest BCUT2D eigenvalue weighted by Gasteiger charge is -2.15. The van der Waals surface area contributed by atoms with Crippen LogP contribution in [0.15, 0.2) is 140 Å². The maximum Gasteiger partial charge on any atom is 0.0780 e. The van der Waals surface area contributed by atoms with Gasteiger partial charge in [-0.15, -0.1) is 0 Å². The van der Waals surface area contributed by atoms with Crippen molar-refractivity contribution in [3.05, 3.63) is 140 Å². The van der Waals surface area contributed by atoms with Gasteiger partial charge in [0.05, 0.1) is 5.69 Å². The summed E-state index contributed by atoms with van der Waals surface area (Å²) < 4.78 is 0. The molecule has 0 aliphatic heterocycles. The molecule has 0 amide bonds. The molecule has 10 rings (SSSR count). The standard InChI is InChI=1S/C41H23N/c1-2-11-26(12-3-1)36-34-23-27(41-28-15-5-4-10-24(28)20-21-42-41)22-33-29-16-6-7-17-30(29)38(37(33)34)40-32-19-9-14-25-13-8-18-31(35(25)32)39(36)40/h1-23H. The van der Waals surface area contributed by atoms with E-state index in [4.69, 9.17) is 4.98 Å². The Bertz CT molecular complexity index is 2660. The van der Waals surface area contributed by atoms with E-state index in [1.54, 1.807) is 0 Å². The molecule has 1 nitrogen and oxygen atoms in total. The smallest absolute Gasteiger partial charge is 0.0780 e. The second-order valence-corrected chi connectivity index (χ2v) is 11.4. The Hall–Kier alpha value is -5.53. The summed E-state index contributed by atoms with van der Waals surface area (Å²) >= 11 is 0. The molecule has 0 aliphatic rings. The molecule has 0 saturated carbocycles. The van der Waals surface area contributed by atoms with E-state index in [0.717, 1.165) is 11.3 Å². The van der Waals surface area contributed by atoms with Crippen LogP contribution in [0.25, 0.3) is 97.8 Å². The van der Waals surface area contributed by atoms with E-state index < -0.39 is 0 Å². The second-order valence-electron chi connectivity index (χ2n) is 11.4. The molecule has 0 N–H and O–H groups in total. The molecule has 9 aromatic carbocycles. The summed E-state index contributed by atoms with van der Waals surface area (Å²) in [6.07, 6.45) is 1.94. The van der Waals surface area contributed by atoms with E-state index >= 15 is 0 Å². The molecule has 0 atom stereocenters. The maximum absolute atomic E-state index is 4.97. The average Bonchev–Trinajstić information content (AvgIpc) is 3.56. The van der Waals surface area contributed by atoms with E-state index in [1.165, 1.54) is 86.5 Å². The van der Waals surface area contributed by atoms with Gasteiger partial charge in [0.2, 0.25) is 0 Å². The van der Waals surface area contributed by atoms with Crippen molar-refractivity contribution < 1.29 is 0 Å². The van der Waals surface area contributed by atoms with E-state index in [0.29, 0.717) is 0 Å². The van der Waals surface area contributed by atoms with Crippen molar-refractivity contribution in [2.75, 3.05) is 0 Å². The van der Waals surface area contributed by atoms with Gasteiger partial charge in [-0.1, -0.05) is 115 Å². The monoisotopic (exact) mass is 529 g/mol. The van der Waals surface area contributed by atoms with E-state index in [9.17, 15) is 0 Å². The fourth-order valence-electron chi connectivity index (χ4n) is 7.72. The first-order valence-electron chi connectivity index (χ1n) is 14.6. The highest BCUT2D eigenvalue weighted by atomic mass is 14.7. The van der Waals surface area contributed by atoms with Gasteiger partial charge in [0.25, 0.3) is 0 Å². The third-order valence-electron chi connectivity index (χ3n) is 9.35. The third-order valence-corrected chi connectivity index (χ3v) is 9.35. The zero-order chi connectivity index (χ0) is 27.4. The first-order chi connectivity index (χ1) is 20.9. The summed E-state index contributed by atoms with van der Waals surface area (Å²) in [5.41, 5.74) is 4.74. The molecular formula is C41H23N. The first kappa shape index (κ1) is 22.2. The summed E-state index contributed by atoms with van der Waals surface area (Å²) in [6.45, 7) is 0. The molecule has 192 valence electrons. The molecule has 10 aromatic rings. The van der Waals surface area contributed by atoms with Gasteiger partial charge in [0.15, 0.2) is 0 Å². The zero-order valence-electron chi connectivity index (χ0n) is 22.7. The molecule has 1 aromatic heterocycles. The number of hydrogen-bond donors (Lipinski definition) is 0. The fraction of sp³-hybridized carbons (Fsp3) is 0. The SMILES string of the molecule is c1ccc(-c2c3cc(-c4nccc5ccccc45)cc4c5ccccc5c(c34)c3c4cccc5cccc(c23)c54)cc1. The Labute approximate surface area is 241 Å². The van der Waals surface area contributed by atoms with E-state index in [2.05, 4.69) is 133 Å². The van der Waals surface area contributed by atoms with Crippen LogP contribution < -0.4 is 0 Å². The number of nitrogens with zero attached hydrogens (tertiary/aromatic N) is 1. The molecule has 1 heterocycles. The van der Waals surface area contributed by atoms with Crippen LogP contribution >= 0.6 is 0 Å². The maximum atomic E-state index is 4.97. The van der Waals surface area contributed by atoms with Crippen LogP contribution in [-0.4, -0.2) is 4.98 Å². The van der Waals surface area contributed by atoms with Crippen molar-refractivity contribution in [2.45, 2.75) is 0 Å². The van der Waals surface area contributed by atoms with Gasteiger partial charge in [0.1, 0.15) is 0 Å². The summed E-state index contributed by atoms with van der Waals surface area (Å²) in [5, 5.41) is 18.4. The van der Waals surface area contributed by atoms with Crippen LogP contribution in [0.3, 0.4) is 0 Å². The van der Waals surface area contributed by atoms with Crippen LogP contribution in [0.4, 0.5) is 0 Å². The Balaban J connectivity index is 1.54. The van der Waals surface area contributed by atoms with Crippen molar-refractivity contribution in [3.8, 4) is 22.4 Å². The summed E-state index contributed by atoms with van der Waals surface area (Å²) in [4.78, 5) is 4.97. The minimum absolute atomic E-state index is 1.03. The summed E-state index contributed by atoms with van der Waals surface area (Å²) in [7, 11) is 0. The average molecular weight is 530 g/mol. The number of hydrogen-bond acceptors (Lipinski definition) is 1. The van der Waals surface area contributed by atoms with Gasteiger partial charge in [-0.3, -0.25) is 4.98 Å². The highest BCUT2D eigenvalue weighted by Crippen LogP contribution is 2.53. The molecule has 42 heavy (non-hydrogen) atoms. The molecule has 0 aliphatic carbocycles. The molecule has 0 spiro atoms. The summed E-state index contributed by atoms with van der Waals surface area (Å²) in [6, 6.07) is 49.0. The van der Waals surface area contributed by atoms with Crippen LogP contribution in [0.2, 0.25) is 0 Å². The lowest BCUT2D eigenvalue weighted by atomic mass is 9.88. The highest BCUT2D eigenvalue weighted by Gasteiger charge is 2.25. The molecule has 1 heteroatoms. The highest BCUT2D eigenvalue weighted by molar-refractivity contribution is 6.48. The van der Waals surface area contributed by atoms with Crippen LogP contribution in [-0.2, 0) is 0 Å². The first-order valence-corrected chi connectivity index (χ1v) is 14.6. The fourth-order valence-corrected chi connectivity index (χ4v) is 7.72. The van der Waals surface area contributed by atoms with Gasteiger partial charge in [-0.2, -0.15) is 0 Å². The molecule has 0 unspecified atom stereocenters. The Morgan fingerprint density at radius 3 is 1.79 bits per heavy atom. The van der Waals surface area contributed by atoms with Crippen LogP contribution in [0.1, 0.15) is 0 Å². The van der Waals surface area contributed by atoms with Gasteiger partial charge >= 0.3 is 0 Å². The normalized spacial score (nSPS) is 12.3. The van der Waals surface area contributed by atoms with Crippen molar-refractivity contribution in [1.29, 1.82) is 0 Å². The molecule has 0 bridgehead atoms. The molecular weight excluding hydrogens is 506 g/mol. The molecule has 0 saturated heterocycles. The van der Waals surface area contributed by atoms with Crippen molar-refractivity contribution in [2.24, 2.45) is 0 Å². The Morgan fingerprint density at radius 1 is 0.333 bits per heavy atom. The minimum Gasteiger partial charge on any atom is -0.256 e. The van der Waals surface area contributed by atoms with Crippen molar-refractivity contribution >= 4 is 75.4 Å². The number of aromatic nitrogens is 1. The predicted octanol–water partition coefficient (Wildman–Crippen LogP) is 11.4. The van der Waals surface area contributed by atoms with Crippen molar-refractivity contribution in [3.63, 3.8) is 0 Å². The predicted molar refractivity (Wildman–Crippen MR) is 180 cm³/mol. The molecule has 0 radical (unpaired) electrons. The number of benzene rings is 7. The number of rotatable bonds is 2. The van der Waals surface area contributed by atoms with Gasteiger partial charge < -0.3 is 0 Å². The third kappa shape index (κ3) is 2.75. The van der Waals surface area contributed by atoms with Gasteiger partial charge in [-0.25, -0.2) is 0 Å². The minimum atomic E-state index is 1.03. The Kier molecular flexibility index (Phi) is 4.24. The lowest BCUT2D eigenvalue weighted by molar-refractivity contribution is 1.36. The lowest BCUT2D eigenvalue weighted by Crippen LogP contribution is -1.89. The number of pyridine rings is 1. The van der Waals surface area contributed by atoms with Crippen LogP contribution in [0, 0.1) is 0 Å². The quantitative estimate of drug-likeness (QED) is 0.217. The van der Waals surface area contributed by atoms with Gasteiger partial charge in [0, 0.05) is 17.1 Å². The summed E-state index contributed by atoms with van der Waals surface area (Å²) in [5.74, 6) is 0. The van der Waals surface area contributed by atoms with E-state index in [1.807, 2.05) is 6.20 Å². The molecule has 0 fully saturated rings.